The van der Waals surface area contributed by atoms with Gasteiger partial charge in [-0.25, -0.2) is 4.98 Å². The molecule has 0 bridgehead atoms. The van der Waals surface area contributed by atoms with E-state index in [-0.39, 0.29) is 6.79 Å². The van der Waals surface area contributed by atoms with Gasteiger partial charge in [0, 0.05) is 23.2 Å². The third-order valence-corrected chi connectivity index (χ3v) is 6.37. The van der Waals surface area contributed by atoms with E-state index in [2.05, 4.69) is 27.1 Å². The van der Waals surface area contributed by atoms with E-state index >= 15 is 0 Å². The third-order valence-electron chi connectivity index (χ3n) is 4.43. The van der Waals surface area contributed by atoms with Crippen LogP contribution in [0.1, 0.15) is 19.0 Å². The molecule has 0 amide bonds. The molecule has 3 aromatic heterocycles. The van der Waals surface area contributed by atoms with E-state index in [1.807, 2.05) is 30.3 Å². The van der Waals surface area contributed by atoms with Crippen molar-refractivity contribution in [3.63, 3.8) is 0 Å². The van der Waals surface area contributed by atoms with Gasteiger partial charge in [-0.3, -0.25) is 4.57 Å². The minimum Gasteiger partial charge on any atom is -0.461 e. The summed E-state index contributed by atoms with van der Waals surface area (Å²) in [4.78, 5) is 4.78. The van der Waals surface area contributed by atoms with Crippen LogP contribution in [0.3, 0.4) is 0 Å². The lowest BCUT2D eigenvalue weighted by molar-refractivity contribution is 0.174. The van der Waals surface area contributed by atoms with Crippen molar-refractivity contribution in [2.45, 2.75) is 30.8 Å². The molecule has 4 aromatic rings. The second-order valence-corrected chi connectivity index (χ2v) is 8.24. The second-order valence-electron chi connectivity index (χ2n) is 6.44. The van der Waals surface area contributed by atoms with Crippen molar-refractivity contribution >= 4 is 23.1 Å². The maximum atomic E-state index is 5.50. The zero-order chi connectivity index (χ0) is 19.6. The van der Waals surface area contributed by atoms with Gasteiger partial charge in [-0.15, -0.1) is 21.5 Å². The van der Waals surface area contributed by atoms with Crippen molar-refractivity contribution < 1.29 is 13.9 Å². The molecule has 0 N–H and O–H groups in total. The fourth-order valence-corrected chi connectivity index (χ4v) is 4.86. The molecule has 4 heterocycles. The van der Waals surface area contributed by atoms with Crippen LogP contribution in [0, 0.1) is 0 Å². The molecule has 1 aliphatic heterocycles. The van der Waals surface area contributed by atoms with Gasteiger partial charge in [-0.1, -0.05) is 18.7 Å². The van der Waals surface area contributed by atoms with Crippen LogP contribution in [0.2, 0.25) is 0 Å². The Morgan fingerprint density at radius 2 is 2.10 bits per heavy atom. The lowest BCUT2D eigenvalue weighted by atomic mass is 10.2. The quantitative estimate of drug-likeness (QED) is 0.381. The first-order chi connectivity index (χ1) is 14.3. The highest BCUT2D eigenvalue weighted by atomic mass is 32.2. The normalized spacial score (nSPS) is 12.6. The Morgan fingerprint density at radius 3 is 2.97 bits per heavy atom. The van der Waals surface area contributed by atoms with Gasteiger partial charge < -0.3 is 13.9 Å². The zero-order valence-electron chi connectivity index (χ0n) is 15.7. The van der Waals surface area contributed by atoms with Crippen LogP contribution in [-0.2, 0) is 12.3 Å². The van der Waals surface area contributed by atoms with Crippen LogP contribution in [0.5, 0.6) is 11.5 Å². The number of thioether (sulfide) groups is 1. The molecule has 0 atom stereocenters. The summed E-state index contributed by atoms with van der Waals surface area (Å²) in [6.45, 7) is 3.25. The van der Waals surface area contributed by atoms with Crippen LogP contribution in [0.4, 0.5) is 0 Å². The topological polar surface area (TPSA) is 75.2 Å². The molecule has 1 aliphatic rings. The van der Waals surface area contributed by atoms with Crippen molar-refractivity contribution in [3.05, 3.63) is 47.7 Å². The number of furan rings is 1. The Hall–Kier alpha value is -2.78. The van der Waals surface area contributed by atoms with Gasteiger partial charge in [-0.2, -0.15) is 0 Å². The summed E-state index contributed by atoms with van der Waals surface area (Å²) in [5.41, 5.74) is 2.04. The number of fused-ring (bicyclic) bond motifs is 1. The molecule has 7 nitrogen and oxygen atoms in total. The van der Waals surface area contributed by atoms with E-state index in [0.717, 1.165) is 63.2 Å². The van der Waals surface area contributed by atoms with Crippen LogP contribution < -0.4 is 9.47 Å². The molecule has 0 fully saturated rings. The predicted octanol–water partition coefficient (Wildman–Crippen LogP) is 5.09. The number of hydrogen-bond donors (Lipinski definition) is 0. The van der Waals surface area contributed by atoms with Gasteiger partial charge in [0.15, 0.2) is 28.2 Å². The number of ether oxygens (including phenoxy) is 2. The van der Waals surface area contributed by atoms with E-state index < -0.39 is 0 Å². The number of thiazole rings is 1. The zero-order valence-corrected chi connectivity index (χ0v) is 17.3. The molecule has 0 radical (unpaired) electrons. The summed E-state index contributed by atoms with van der Waals surface area (Å²) in [5, 5.41) is 12.6. The Balaban J connectivity index is 1.32. The fourth-order valence-electron chi connectivity index (χ4n) is 3.08. The summed E-state index contributed by atoms with van der Waals surface area (Å²) < 4.78 is 18.5. The van der Waals surface area contributed by atoms with E-state index in [9.17, 15) is 0 Å². The number of aromatic nitrogens is 4. The van der Waals surface area contributed by atoms with Crippen LogP contribution >= 0.6 is 23.1 Å². The number of benzene rings is 1. The van der Waals surface area contributed by atoms with Crippen molar-refractivity contribution in [1.29, 1.82) is 0 Å². The highest BCUT2D eigenvalue weighted by molar-refractivity contribution is 7.98. The number of hydrogen-bond acceptors (Lipinski definition) is 8. The summed E-state index contributed by atoms with van der Waals surface area (Å²) in [7, 11) is 0. The minimum atomic E-state index is 0.275. The van der Waals surface area contributed by atoms with Crippen LogP contribution in [0.15, 0.2) is 51.5 Å². The monoisotopic (exact) mass is 426 g/mol. The van der Waals surface area contributed by atoms with E-state index in [0.29, 0.717) is 0 Å². The number of rotatable bonds is 7. The molecule has 29 heavy (non-hydrogen) atoms. The van der Waals surface area contributed by atoms with Crippen molar-refractivity contribution in [1.82, 2.24) is 19.7 Å². The highest BCUT2D eigenvalue weighted by Crippen LogP contribution is 2.37. The molecule has 148 valence electrons. The molecule has 0 saturated heterocycles. The smallest absolute Gasteiger partial charge is 0.231 e. The Bertz CT molecular complexity index is 1120. The molecular formula is C20H18N4O3S2. The molecule has 5 rings (SSSR count). The first-order valence-corrected chi connectivity index (χ1v) is 11.1. The largest absolute Gasteiger partial charge is 0.461 e. The summed E-state index contributed by atoms with van der Waals surface area (Å²) in [6.07, 6.45) is 2.64. The first kappa shape index (κ1) is 18.3. The van der Waals surface area contributed by atoms with Crippen LogP contribution in [0.25, 0.3) is 22.2 Å². The standard InChI is InChI=1S/C20H18N4O3S2/c1-2-7-24-18(16-4-3-8-25-16)22-23-20(24)29-11-14-10-28-19(21-14)13-5-6-15-17(9-13)27-12-26-15/h3-6,8-10H,2,7,11-12H2,1H3. The van der Waals surface area contributed by atoms with Gasteiger partial charge >= 0.3 is 0 Å². The Morgan fingerprint density at radius 1 is 1.17 bits per heavy atom. The molecule has 0 saturated carbocycles. The maximum absolute atomic E-state index is 5.50. The van der Waals surface area contributed by atoms with Gasteiger partial charge in [0.1, 0.15) is 5.01 Å². The summed E-state index contributed by atoms with van der Waals surface area (Å²) in [6, 6.07) is 9.68. The Kier molecular flexibility index (Phi) is 4.99. The summed E-state index contributed by atoms with van der Waals surface area (Å²) in [5.74, 6) is 3.77. The predicted molar refractivity (Wildman–Crippen MR) is 111 cm³/mol. The van der Waals surface area contributed by atoms with Crippen LogP contribution in [-0.4, -0.2) is 26.5 Å². The van der Waals surface area contributed by atoms with Gasteiger partial charge in [0.2, 0.25) is 6.79 Å². The molecule has 0 aliphatic carbocycles. The van der Waals surface area contributed by atoms with Gasteiger partial charge in [0.25, 0.3) is 0 Å². The Labute approximate surface area is 175 Å². The van der Waals surface area contributed by atoms with E-state index in [1.54, 1.807) is 29.4 Å². The second kappa shape index (κ2) is 7.92. The molecular weight excluding hydrogens is 408 g/mol. The third kappa shape index (κ3) is 3.63. The molecule has 0 spiro atoms. The van der Waals surface area contributed by atoms with Gasteiger partial charge in [-0.05, 0) is 36.8 Å². The lowest BCUT2D eigenvalue weighted by Crippen LogP contribution is -2.01. The first-order valence-electron chi connectivity index (χ1n) is 9.26. The fraction of sp³-hybridized carbons (Fsp3) is 0.250. The summed E-state index contributed by atoms with van der Waals surface area (Å²) >= 11 is 3.26. The molecule has 1 aromatic carbocycles. The molecule has 0 unspecified atom stereocenters. The van der Waals surface area contributed by atoms with E-state index in [4.69, 9.17) is 18.9 Å². The highest BCUT2D eigenvalue weighted by Gasteiger charge is 2.18. The minimum absolute atomic E-state index is 0.275. The average Bonchev–Trinajstić information content (AvgIpc) is 3.53. The van der Waals surface area contributed by atoms with E-state index in [1.165, 1.54) is 0 Å². The van der Waals surface area contributed by atoms with Crippen molar-refractivity contribution in [2.75, 3.05) is 6.79 Å². The number of nitrogens with zero attached hydrogens (tertiary/aromatic N) is 4. The lowest BCUT2D eigenvalue weighted by Gasteiger charge is -2.06. The average molecular weight is 427 g/mol. The maximum Gasteiger partial charge on any atom is 0.231 e. The molecule has 9 heteroatoms. The van der Waals surface area contributed by atoms with Crippen molar-refractivity contribution in [2.24, 2.45) is 0 Å². The van der Waals surface area contributed by atoms with Gasteiger partial charge in [0.05, 0.1) is 12.0 Å². The van der Waals surface area contributed by atoms with Crippen molar-refractivity contribution in [3.8, 4) is 33.7 Å². The SMILES string of the molecule is CCCn1c(SCc2csc(-c3ccc4c(c3)OCO4)n2)nnc1-c1ccco1.